The maximum absolute atomic E-state index is 13.1. The molecule has 2 aromatic heterocycles. The molecular weight excluding hydrogens is 426 g/mol. The first-order chi connectivity index (χ1) is 14.6. The number of nitrogens with zero attached hydrogens (tertiary/aromatic N) is 2. The lowest BCUT2D eigenvalue weighted by molar-refractivity contribution is -0.0366. The minimum absolute atomic E-state index is 0.0107. The Morgan fingerprint density at radius 3 is 2.81 bits per heavy atom. The van der Waals surface area contributed by atoms with Gasteiger partial charge < -0.3 is 19.7 Å². The van der Waals surface area contributed by atoms with Gasteiger partial charge in [0.1, 0.15) is 6.73 Å². The Morgan fingerprint density at radius 2 is 2.16 bits per heavy atom. The second kappa shape index (κ2) is 8.50. The molecule has 0 saturated heterocycles. The number of benzene rings is 1. The molecule has 2 N–H and O–H groups in total. The molecule has 1 aromatic carbocycles. The summed E-state index contributed by atoms with van der Waals surface area (Å²) in [5, 5.41) is 14.0. The van der Waals surface area contributed by atoms with Crippen molar-refractivity contribution in [2.45, 2.75) is 63.8 Å². The van der Waals surface area contributed by atoms with Crippen molar-refractivity contribution in [2.24, 2.45) is 0 Å². The summed E-state index contributed by atoms with van der Waals surface area (Å²) in [4.78, 5) is 18.4. The maximum atomic E-state index is 13.1. The second-order valence-electron chi connectivity index (χ2n) is 10.0. The van der Waals surface area contributed by atoms with Gasteiger partial charge in [-0.25, -0.2) is 0 Å². The normalized spacial score (nSPS) is 21.3. The summed E-state index contributed by atoms with van der Waals surface area (Å²) >= 11 is 1.56. The second-order valence-corrected chi connectivity index (χ2v) is 16.5. The number of fused-ring (bicyclic) bond motifs is 1. The quantitative estimate of drug-likeness (QED) is 0.379. The summed E-state index contributed by atoms with van der Waals surface area (Å²) in [6, 6.07) is 7.17. The molecule has 6 nitrogen and oxygen atoms in total. The van der Waals surface area contributed by atoms with Gasteiger partial charge in [-0.05, 0) is 49.6 Å². The Morgan fingerprint density at radius 1 is 1.39 bits per heavy atom. The van der Waals surface area contributed by atoms with Crippen molar-refractivity contribution in [3.8, 4) is 10.4 Å². The van der Waals surface area contributed by atoms with Gasteiger partial charge in [0, 0.05) is 44.1 Å². The Balaban J connectivity index is 1.60. The van der Waals surface area contributed by atoms with Gasteiger partial charge in [-0.15, -0.1) is 11.3 Å². The lowest BCUT2D eigenvalue weighted by atomic mass is 9.77. The van der Waals surface area contributed by atoms with Crippen molar-refractivity contribution in [1.82, 2.24) is 14.9 Å². The van der Waals surface area contributed by atoms with E-state index in [0.717, 1.165) is 34.0 Å². The average Bonchev–Trinajstić information content (AvgIpc) is 3.32. The summed E-state index contributed by atoms with van der Waals surface area (Å²) in [6.07, 6.45) is 4.99. The molecule has 0 radical (unpaired) electrons. The van der Waals surface area contributed by atoms with Crippen molar-refractivity contribution >= 4 is 36.2 Å². The predicted octanol–water partition coefficient (Wildman–Crippen LogP) is 4.72. The smallest absolute Gasteiger partial charge is 0.252 e. The number of ether oxygens (including phenoxy) is 1. The van der Waals surface area contributed by atoms with E-state index in [2.05, 4.69) is 40.6 Å². The van der Waals surface area contributed by atoms with Gasteiger partial charge in [-0.1, -0.05) is 19.6 Å². The van der Waals surface area contributed by atoms with Crippen molar-refractivity contribution in [3.05, 3.63) is 41.7 Å². The summed E-state index contributed by atoms with van der Waals surface area (Å²) in [5.41, 5.74) is 3.73. The molecule has 0 unspecified atom stereocenters. The number of amides is 1. The van der Waals surface area contributed by atoms with Crippen LogP contribution in [-0.4, -0.2) is 46.9 Å². The van der Waals surface area contributed by atoms with Crippen molar-refractivity contribution in [3.63, 3.8) is 0 Å². The molecule has 166 valence electrons. The molecule has 2 heterocycles. The Bertz CT molecular complexity index is 1060. The first-order valence-corrected chi connectivity index (χ1v) is 15.3. The van der Waals surface area contributed by atoms with Crippen LogP contribution in [0.25, 0.3) is 21.3 Å². The minimum atomic E-state index is -1.14. The number of carbonyl (C=O) groups is 1. The van der Waals surface area contributed by atoms with Gasteiger partial charge in [0.15, 0.2) is 0 Å². The van der Waals surface area contributed by atoms with E-state index in [-0.39, 0.29) is 11.9 Å². The van der Waals surface area contributed by atoms with Gasteiger partial charge in [0.05, 0.1) is 21.5 Å². The molecule has 0 spiro atoms. The zero-order valence-electron chi connectivity index (χ0n) is 18.6. The van der Waals surface area contributed by atoms with Crippen LogP contribution in [0.3, 0.4) is 0 Å². The molecule has 1 amide bonds. The van der Waals surface area contributed by atoms with Gasteiger partial charge in [-0.2, -0.15) is 0 Å². The fourth-order valence-electron chi connectivity index (χ4n) is 4.00. The fraction of sp³-hybridized carbons (Fsp3) is 0.478. The maximum Gasteiger partial charge on any atom is 0.252 e. The predicted molar refractivity (Wildman–Crippen MR) is 128 cm³/mol. The minimum Gasteiger partial charge on any atom is -0.390 e. The highest BCUT2D eigenvalue weighted by molar-refractivity contribution is 7.13. The van der Waals surface area contributed by atoms with E-state index in [0.29, 0.717) is 25.1 Å². The highest BCUT2D eigenvalue weighted by Gasteiger charge is 2.39. The van der Waals surface area contributed by atoms with Gasteiger partial charge in [0.2, 0.25) is 0 Å². The number of carbonyl (C=O) groups excluding carboxylic acids is 1. The molecule has 1 fully saturated rings. The van der Waals surface area contributed by atoms with Gasteiger partial charge in [0.25, 0.3) is 5.91 Å². The Labute approximate surface area is 188 Å². The van der Waals surface area contributed by atoms with E-state index in [1.165, 1.54) is 0 Å². The van der Waals surface area contributed by atoms with Crippen LogP contribution in [0.1, 0.15) is 30.1 Å². The number of hydrogen-bond donors (Lipinski definition) is 2. The van der Waals surface area contributed by atoms with E-state index in [9.17, 15) is 9.90 Å². The van der Waals surface area contributed by atoms with Crippen LogP contribution in [-0.2, 0) is 11.5 Å². The van der Waals surface area contributed by atoms with E-state index < -0.39 is 13.7 Å². The molecule has 0 bridgehead atoms. The molecular formula is C23H31N3O3SSi. The fourth-order valence-corrected chi connectivity index (χ4v) is 5.37. The Hall–Kier alpha value is -2.00. The van der Waals surface area contributed by atoms with Gasteiger partial charge >= 0.3 is 0 Å². The van der Waals surface area contributed by atoms with Crippen LogP contribution in [0, 0.1) is 0 Å². The third-order valence-corrected chi connectivity index (χ3v) is 8.31. The number of nitrogens with one attached hydrogen (secondary N) is 1. The lowest BCUT2D eigenvalue weighted by Gasteiger charge is -2.41. The largest absolute Gasteiger partial charge is 0.390 e. The molecule has 1 saturated carbocycles. The van der Waals surface area contributed by atoms with Crippen LogP contribution < -0.4 is 5.32 Å². The molecule has 3 aromatic rings. The van der Waals surface area contributed by atoms with E-state index in [4.69, 9.17) is 4.74 Å². The van der Waals surface area contributed by atoms with E-state index in [1.54, 1.807) is 23.8 Å². The van der Waals surface area contributed by atoms with Gasteiger partial charge in [-0.3, -0.25) is 9.78 Å². The highest BCUT2D eigenvalue weighted by Crippen LogP contribution is 2.33. The van der Waals surface area contributed by atoms with Crippen LogP contribution in [0.5, 0.6) is 0 Å². The number of thiazole rings is 1. The molecule has 0 atom stereocenters. The van der Waals surface area contributed by atoms with Crippen molar-refractivity contribution in [1.29, 1.82) is 0 Å². The number of rotatable bonds is 8. The van der Waals surface area contributed by atoms with E-state index in [1.807, 2.05) is 24.5 Å². The first kappa shape index (κ1) is 22.2. The van der Waals surface area contributed by atoms with Crippen LogP contribution in [0.4, 0.5) is 0 Å². The number of aliphatic hydroxyl groups is 1. The van der Waals surface area contributed by atoms with Crippen molar-refractivity contribution < 1.29 is 14.6 Å². The number of aromatic nitrogens is 2. The summed E-state index contributed by atoms with van der Waals surface area (Å²) in [7, 11) is -1.14. The van der Waals surface area contributed by atoms with Crippen molar-refractivity contribution in [2.75, 3.05) is 6.61 Å². The Kier molecular flexibility index (Phi) is 6.09. The molecule has 1 aliphatic carbocycles. The zero-order valence-corrected chi connectivity index (χ0v) is 20.5. The first-order valence-electron chi connectivity index (χ1n) is 10.7. The molecule has 1 aliphatic rings. The standard InChI is InChI=1S/C23H31N3O3SSi/c1-23(28)11-17(12-23)25-22(27)19-9-16(21-13-24-14-30-21)10-20-18(19)5-6-26(20)15-29-7-8-31(2,3)4/h5-6,9-10,13-14,17,28H,7-8,11-12,15H2,1-4H3,(H,25,27). The monoisotopic (exact) mass is 457 g/mol. The topological polar surface area (TPSA) is 76.4 Å². The third kappa shape index (κ3) is 5.26. The molecule has 31 heavy (non-hydrogen) atoms. The van der Waals surface area contributed by atoms with Crippen LogP contribution >= 0.6 is 11.3 Å². The summed E-state index contributed by atoms with van der Waals surface area (Å²) in [5.74, 6) is -0.103. The van der Waals surface area contributed by atoms with Crippen LogP contribution in [0.2, 0.25) is 25.7 Å². The average molecular weight is 458 g/mol. The third-order valence-electron chi connectivity index (χ3n) is 5.78. The SMILES string of the molecule is CC1(O)CC(NC(=O)c2cc(-c3cncs3)cc3c2ccn3COCC[Si](C)(C)C)C1. The highest BCUT2D eigenvalue weighted by atomic mass is 32.1. The summed E-state index contributed by atoms with van der Waals surface area (Å²) < 4.78 is 8.03. The lowest BCUT2D eigenvalue weighted by Crippen LogP contribution is -2.53. The molecule has 0 aliphatic heterocycles. The molecule has 4 rings (SSSR count). The van der Waals surface area contributed by atoms with Crippen LogP contribution in [0.15, 0.2) is 36.1 Å². The number of hydrogen-bond acceptors (Lipinski definition) is 5. The van der Waals surface area contributed by atoms with E-state index >= 15 is 0 Å². The molecule has 8 heteroatoms. The zero-order chi connectivity index (χ0) is 22.2. The summed E-state index contributed by atoms with van der Waals surface area (Å²) in [6.45, 7) is 10.0.